The first-order valence-electron chi connectivity index (χ1n) is 6.23. The third-order valence-electron chi connectivity index (χ3n) is 3.48. The molecule has 0 spiro atoms. The van der Waals surface area contributed by atoms with Gasteiger partial charge < -0.3 is 14.8 Å². The SMILES string of the molecule is CN(C)C1CCN(C(=O)c2cccc(=O)[nH]2)CC1. The van der Waals surface area contributed by atoms with Crippen LogP contribution in [0.4, 0.5) is 0 Å². The number of carbonyl (C=O) groups is 1. The zero-order valence-electron chi connectivity index (χ0n) is 10.8. The van der Waals surface area contributed by atoms with Gasteiger partial charge in [-0.1, -0.05) is 6.07 Å². The normalized spacial score (nSPS) is 17.2. The lowest BCUT2D eigenvalue weighted by molar-refractivity contribution is 0.0657. The summed E-state index contributed by atoms with van der Waals surface area (Å²) in [6, 6.07) is 5.22. The minimum atomic E-state index is -0.232. The van der Waals surface area contributed by atoms with Crippen LogP contribution in [0.3, 0.4) is 0 Å². The lowest BCUT2D eigenvalue weighted by Crippen LogP contribution is -2.44. The zero-order chi connectivity index (χ0) is 13.1. The van der Waals surface area contributed by atoms with Crippen LogP contribution in [0.5, 0.6) is 0 Å². The average Bonchev–Trinajstić information content (AvgIpc) is 2.38. The van der Waals surface area contributed by atoms with Crippen LogP contribution in [0.2, 0.25) is 0 Å². The third-order valence-corrected chi connectivity index (χ3v) is 3.48. The van der Waals surface area contributed by atoms with Crippen molar-refractivity contribution in [3.05, 3.63) is 34.2 Å². The molecule has 0 atom stereocenters. The molecule has 2 heterocycles. The largest absolute Gasteiger partial charge is 0.337 e. The van der Waals surface area contributed by atoms with Crippen molar-refractivity contribution in [2.24, 2.45) is 0 Å². The van der Waals surface area contributed by atoms with E-state index in [1.807, 2.05) is 4.90 Å². The van der Waals surface area contributed by atoms with Gasteiger partial charge in [-0.2, -0.15) is 0 Å². The Bertz CT molecular complexity index is 473. The molecule has 0 bridgehead atoms. The molecule has 1 aromatic heterocycles. The Balaban J connectivity index is 2.02. The highest BCUT2D eigenvalue weighted by molar-refractivity contribution is 5.92. The number of nitrogens with one attached hydrogen (secondary N) is 1. The summed E-state index contributed by atoms with van der Waals surface area (Å²) >= 11 is 0. The summed E-state index contributed by atoms with van der Waals surface area (Å²) in [7, 11) is 4.13. The number of aromatic nitrogens is 1. The van der Waals surface area contributed by atoms with Crippen LogP contribution in [0.25, 0.3) is 0 Å². The number of piperidine rings is 1. The van der Waals surface area contributed by atoms with E-state index in [9.17, 15) is 9.59 Å². The molecule has 0 aromatic carbocycles. The molecule has 98 valence electrons. The Morgan fingerprint density at radius 2 is 2.00 bits per heavy atom. The van der Waals surface area contributed by atoms with Gasteiger partial charge in [-0.3, -0.25) is 9.59 Å². The number of aromatic amines is 1. The van der Waals surface area contributed by atoms with Crippen molar-refractivity contribution in [3.63, 3.8) is 0 Å². The number of H-pyrrole nitrogens is 1. The quantitative estimate of drug-likeness (QED) is 0.832. The Kier molecular flexibility index (Phi) is 3.81. The van der Waals surface area contributed by atoms with Crippen LogP contribution in [0, 0.1) is 0 Å². The third kappa shape index (κ3) is 2.79. The topological polar surface area (TPSA) is 56.4 Å². The zero-order valence-corrected chi connectivity index (χ0v) is 10.8. The maximum absolute atomic E-state index is 12.2. The van der Waals surface area contributed by atoms with Gasteiger partial charge in [0.1, 0.15) is 5.69 Å². The van der Waals surface area contributed by atoms with Gasteiger partial charge in [0.2, 0.25) is 5.56 Å². The molecule has 1 saturated heterocycles. The van der Waals surface area contributed by atoms with Gasteiger partial charge in [0.25, 0.3) is 5.91 Å². The predicted octanol–water partition coefficient (Wildman–Crippen LogP) is 0.541. The number of amides is 1. The van der Waals surface area contributed by atoms with Crippen molar-refractivity contribution in [2.45, 2.75) is 18.9 Å². The Labute approximate surface area is 106 Å². The molecule has 0 unspecified atom stereocenters. The van der Waals surface area contributed by atoms with E-state index in [1.54, 1.807) is 12.1 Å². The van der Waals surface area contributed by atoms with Crippen molar-refractivity contribution in [3.8, 4) is 0 Å². The molecule has 1 N–H and O–H groups in total. The van der Waals surface area contributed by atoms with E-state index in [1.165, 1.54) is 6.07 Å². The van der Waals surface area contributed by atoms with Gasteiger partial charge in [-0.15, -0.1) is 0 Å². The molecular formula is C13H19N3O2. The Hall–Kier alpha value is -1.62. The van der Waals surface area contributed by atoms with Crippen LogP contribution in [-0.4, -0.2) is 53.9 Å². The summed E-state index contributed by atoms with van der Waals surface area (Å²) in [6.07, 6.45) is 1.96. The number of hydrogen-bond donors (Lipinski definition) is 1. The minimum absolute atomic E-state index is 0.0788. The lowest BCUT2D eigenvalue weighted by atomic mass is 10.0. The molecule has 18 heavy (non-hydrogen) atoms. The summed E-state index contributed by atoms with van der Waals surface area (Å²) in [5.41, 5.74) is 0.148. The van der Waals surface area contributed by atoms with E-state index in [0.29, 0.717) is 11.7 Å². The fourth-order valence-electron chi connectivity index (χ4n) is 2.33. The van der Waals surface area contributed by atoms with Crippen LogP contribution < -0.4 is 5.56 Å². The summed E-state index contributed by atoms with van der Waals surface area (Å²) in [5.74, 6) is -0.0788. The molecule has 2 rings (SSSR count). The molecule has 0 saturated carbocycles. The number of likely N-dealkylation sites (tertiary alicyclic amines) is 1. The molecule has 1 aromatic rings. The summed E-state index contributed by atoms with van der Waals surface area (Å²) < 4.78 is 0. The predicted molar refractivity (Wildman–Crippen MR) is 69.7 cm³/mol. The maximum Gasteiger partial charge on any atom is 0.270 e. The molecular weight excluding hydrogens is 230 g/mol. The second-order valence-electron chi connectivity index (χ2n) is 4.92. The van der Waals surface area contributed by atoms with Gasteiger partial charge in [0.15, 0.2) is 0 Å². The molecule has 1 aliphatic heterocycles. The van der Waals surface area contributed by atoms with E-state index in [2.05, 4.69) is 24.0 Å². The molecule has 1 aliphatic rings. The monoisotopic (exact) mass is 249 g/mol. The fourth-order valence-corrected chi connectivity index (χ4v) is 2.33. The van der Waals surface area contributed by atoms with Crippen molar-refractivity contribution in [1.82, 2.24) is 14.8 Å². The lowest BCUT2D eigenvalue weighted by Gasteiger charge is -2.35. The average molecular weight is 249 g/mol. The van der Waals surface area contributed by atoms with E-state index in [4.69, 9.17) is 0 Å². The van der Waals surface area contributed by atoms with Crippen LogP contribution in [-0.2, 0) is 0 Å². The minimum Gasteiger partial charge on any atom is -0.337 e. The van der Waals surface area contributed by atoms with E-state index in [-0.39, 0.29) is 11.5 Å². The van der Waals surface area contributed by atoms with Gasteiger partial charge in [0, 0.05) is 25.2 Å². The fraction of sp³-hybridized carbons (Fsp3) is 0.538. The number of pyridine rings is 1. The molecule has 1 amide bonds. The van der Waals surface area contributed by atoms with Crippen LogP contribution in [0.1, 0.15) is 23.3 Å². The maximum atomic E-state index is 12.2. The van der Waals surface area contributed by atoms with E-state index < -0.39 is 0 Å². The van der Waals surface area contributed by atoms with Crippen molar-refractivity contribution in [2.75, 3.05) is 27.2 Å². The summed E-state index contributed by atoms with van der Waals surface area (Å²) in [5, 5.41) is 0. The summed E-state index contributed by atoms with van der Waals surface area (Å²) in [4.78, 5) is 29.9. The first-order chi connectivity index (χ1) is 8.58. The van der Waals surface area contributed by atoms with Crippen molar-refractivity contribution >= 4 is 5.91 Å². The first-order valence-corrected chi connectivity index (χ1v) is 6.23. The van der Waals surface area contributed by atoms with Gasteiger partial charge in [-0.05, 0) is 33.0 Å². The van der Waals surface area contributed by atoms with E-state index in [0.717, 1.165) is 25.9 Å². The number of carbonyl (C=O) groups excluding carboxylic acids is 1. The van der Waals surface area contributed by atoms with E-state index >= 15 is 0 Å². The Morgan fingerprint density at radius 1 is 1.33 bits per heavy atom. The standard InChI is InChI=1S/C13H19N3O2/c1-15(2)10-6-8-16(9-7-10)13(18)11-4-3-5-12(17)14-11/h3-5,10H,6-9H2,1-2H3,(H,14,17). The van der Waals surface area contributed by atoms with Gasteiger partial charge in [-0.25, -0.2) is 0 Å². The van der Waals surface area contributed by atoms with Crippen molar-refractivity contribution in [1.29, 1.82) is 0 Å². The summed E-state index contributed by atoms with van der Waals surface area (Å²) in [6.45, 7) is 1.50. The highest BCUT2D eigenvalue weighted by Gasteiger charge is 2.24. The molecule has 0 aliphatic carbocycles. The Morgan fingerprint density at radius 3 is 2.56 bits per heavy atom. The molecule has 5 nitrogen and oxygen atoms in total. The number of rotatable bonds is 2. The second kappa shape index (κ2) is 5.35. The number of nitrogens with zero attached hydrogens (tertiary/aromatic N) is 2. The highest BCUT2D eigenvalue weighted by Crippen LogP contribution is 2.15. The van der Waals surface area contributed by atoms with Crippen molar-refractivity contribution < 1.29 is 4.79 Å². The van der Waals surface area contributed by atoms with Crippen LogP contribution in [0.15, 0.2) is 23.0 Å². The second-order valence-corrected chi connectivity index (χ2v) is 4.92. The van der Waals surface area contributed by atoms with Gasteiger partial charge >= 0.3 is 0 Å². The first kappa shape index (κ1) is 12.8. The smallest absolute Gasteiger partial charge is 0.270 e. The molecule has 0 radical (unpaired) electrons. The highest BCUT2D eigenvalue weighted by atomic mass is 16.2. The molecule has 5 heteroatoms. The molecule has 1 fully saturated rings. The van der Waals surface area contributed by atoms with Crippen LogP contribution >= 0.6 is 0 Å². The number of hydrogen-bond acceptors (Lipinski definition) is 3. The van der Waals surface area contributed by atoms with Gasteiger partial charge in [0.05, 0.1) is 0 Å².